The van der Waals surface area contributed by atoms with Crippen LogP contribution < -0.4 is 10.1 Å². The van der Waals surface area contributed by atoms with Crippen molar-refractivity contribution in [2.75, 3.05) is 33.4 Å². The number of amides is 2. The first kappa shape index (κ1) is 19.8. The molecule has 0 aliphatic carbocycles. The van der Waals surface area contributed by atoms with Crippen LogP contribution in [0.25, 0.3) is 0 Å². The van der Waals surface area contributed by atoms with E-state index in [0.29, 0.717) is 24.4 Å². The maximum Gasteiger partial charge on any atom is 0.325 e. The van der Waals surface area contributed by atoms with Crippen LogP contribution in [0.3, 0.4) is 0 Å². The lowest BCUT2D eigenvalue weighted by Crippen LogP contribution is -2.38. The van der Waals surface area contributed by atoms with E-state index in [9.17, 15) is 14.4 Å². The Hall–Kier alpha value is -2.57. The molecule has 1 fully saturated rings. The zero-order valence-electron chi connectivity index (χ0n) is 15.2. The van der Waals surface area contributed by atoms with Crippen molar-refractivity contribution in [3.63, 3.8) is 0 Å². The van der Waals surface area contributed by atoms with Crippen molar-refractivity contribution in [1.82, 2.24) is 10.2 Å². The molecule has 1 heterocycles. The Morgan fingerprint density at radius 2 is 1.62 bits per heavy atom. The molecule has 0 atom stereocenters. The highest BCUT2D eigenvalue weighted by Gasteiger charge is 2.17. The maximum atomic E-state index is 12.1. The van der Waals surface area contributed by atoms with E-state index in [1.807, 2.05) is 0 Å². The van der Waals surface area contributed by atoms with Crippen LogP contribution in [0.1, 0.15) is 42.5 Å². The first-order valence-electron chi connectivity index (χ1n) is 8.96. The molecule has 1 aliphatic heterocycles. The molecule has 2 amide bonds. The Morgan fingerprint density at radius 1 is 1.00 bits per heavy atom. The number of likely N-dealkylation sites (tertiary alicyclic amines) is 1. The molecule has 7 nitrogen and oxygen atoms in total. The number of ether oxygens (including phenoxy) is 2. The maximum absolute atomic E-state index is 12.1. The normalized spacial score (nSPS) is 14.7. The molecule has 0 spiro atoms. The van der Waals surface area contributed by atoms with Crippen LogP contribution >= 0.6 is 0 Å². The van der Waals surface area contributed by atoms with E-state index < -0.39 is 5.97 Å². The predicted octanol–water partition coefficient (Wildman–Crippen LogP) is 1.76. The van der Waals surface area contributed by atoms with Crippen molar-refractivity contribution in [2.45, 2.75) is 32.1 Å². The van der Waals surface area contributed by atoms with Crippen LogP contribution in [-0.2, 0) is 14.3 Å². The number of nitrogens with one attached hydrogen (secondary N) is 1. The van der Waals surface area contributed by atoms with E-state index in [1.165, 1.54) is 6.42 Å². The van der Waals surface area contributed by atoms with Crippen LogP contribution in [0, 0.1) is 0 Å². The number of esters is 1. The van der Waals surface area contributed by atoms with Crippen LogP contribution in [0.15, 0.2) is 24.3 Å². The van der Waals surface area contributed by atoms with E-state index >= 15 is 0 Å². The molecular weight excluding hydrogens is 336 g/mol. The van der Waals surface area contributed by atoms with Gasteiger partial charge in [0.1, 0.15) is 12.3 Å². The number of rotatable bonds is 6. The summed E-state index contributed by atoms with van der Waals surface area (Å²) >= 11 is 0. The second kappa shape index (κ2) is 10.4. The monoisotopic (exact) mass is 362 g/mol. The van der Waals surface area contributed by atoms with Gasteiger partial charge in [-0.3, -0.25) is 14.4 Å². The summed E-state index contributed by atoms with van der Waals surface area (Å²) in [4.78, 5) is 37.6. The van der Waals surface area contributed by atoms with Crippen LogP contribution in [-0.4, -0.2) is 56.0 Å². The van der Waals surface area contributed by atoms with Crippen LogP contribution in [0.2, 0.25) is 0 Å². The van der Waals surface area contributed by atoms with Gasteiger partial charge in [-0.15, -0.1) is 0 Å². The van der Waals surface area contributed by atoms with E-state index in [0.717, 1.165) is 25.7 Å². The average molecular weight is 362 g/mol. The zero-order valence-corrected chi connectivity index (χ0v) is 15.2. The Labute approximate surface area is 153 Å². The fraction of sp³-hybridized carbons (Fsp3) is 0.526. The third-order valence-electron chi connectivity index (χ3n) is 4.31. The van der Waals surface area contributed by atoms with Crippen LogP contribution in [0.5, 0.6) is 5.75 Å². The minimum Gasteiger partial charge on any atom is -0.497 e. The lowest BCUT2D eigenvalue weighted by molar-refractivity contribution is -0.151. The van der Waals surface area contributed by atoms with Gasteiger partial charge in [-0.05, 0) is 37.1 Å². The highest BCUT2D eigenvalue weighted by Crippen LogP contribution is 2.11. The minimum absolute atomic E-state index is 0.179. The van der Waals surface area contributed by atoms with E-state index in [4.69, 9.17) is 9.47 Å². The molecule has 26 heavy (non-hydrogen) atoms. The first-order valence-corrected chi connectivity index (χ1v) is 8.96. The second-order valence-corrected chi connectivity index (χ2v) is 6.22. The largest absolute Gasteiger partial charge is 0.497 e. The van der Waals surface area contributed by atoms with E-state index in [2.05, 4.69) is 5.32 Å². The van der Waals surface area contributed by atoms with Gasteiger partial charge in [-0.2, -0.15) is 0 Å². The van der Waals surface area contributed by atoms with Crippen molar-refractivity contribution >= 4 is 17.8 Å². The van der Waals surface area contributed by atoms with Crippen LogP contribution in [0.4, 0.5) is 0 Å². The Balaban J connectivity index is 1.70. The smallest absolute Gasteiger partial charge is 0.325 e. The van der Waals surface area contributed by atoms with Gasteiger partial charge in [-0.1, -0.05) is 19.3 Å². The summed E-state index contributed by atoms with van der Waals surface area (Å²) in [6.07, 6.45) is 5.43. The Kier molecular flexibility index (Phi) is 7.92. The molecule has 0 radical (unpaired) electrons. The number of methoxy groups -OCH3 is 1. The SMILES string of the molecule is COc1ccc(C(=O)NCC(=O)OCC(=O)N2CCCCCCC2)cc1. The van der Waals surface area contributed by atoms with Gasteiger partial charge in [0.15, 0.2) is 6.61 Å². The van der Waals surface area contributed by atoms with E-state index in [-0.39, 0.29) is 25.0 Å². The Morgan fingerprint density at radius 3 is 2.23 bits per heavy atom. The fourth-order valence-corrected chi connectivity index (χ4v) is 2.78. The lowest BCUT2D eigenvalue weighted by Gasteiger charge is -2.24. The van der Waals surface area contributed by atoms with Crippen molar-refractivity contribution in [1.29, 1.82) is 0 Å². The molecular formula is C19H26N2O5. The lowest BCUT2D eigenvalue weighted by atomic mass is 10.1. The fourth-order valence-electron chi connectivity index (χ4n) is 2.78. The second-order valence-electron chi connectivity index (χ2n) is 6.22. The predicted molar refractivity (Wildman–Crippen MR) is 96.0 cm³/mol. The summed E-state index contributed by atoms with van der Waals surface area (Å²) in [5, 5.41) is 2.48. The van der Waals surface area contributed by atoms with Crippen molar-refractivity contribution in [2.24, 2.45) is 0 Å². The van der Waals surface area contributed by atoms with Gasteiger partial charge in [-0.25, -0.2) is 0 Å². The first-order chi connectivity index (χ1) is 12.6. The highest BCUT2D eigenvalue weighted by molar-refractivity contribution is 5.96. The zero-order chi connectivity index (χ0) is 18.8. The standard InChI is InChI=1S/C19H26N2O5/c1-25-16-9-7-15(8-10-16)19(24)20-13-18(23)26-14-17(22)21-11-5-3-2-4-6-12-21/h7-10H,2-6,11-14H2,1H3,(H,20,24). The van der Waals surface area contributed by atoms with Gasteiger partial charge >= 0.3 is 5.97 Å². The van der Waals surface area contributed by atoms with Gasteiger partial charge in [0.2, 0.25) is 0 Å². The third-order valence-corrected chi connectivity index (χ3v) is 4.31. The van der Waals surface area contributed by atoms with Gasteiger partial charge in [0.25, 0.3) is 11.8 Å². The van der Waals surface area contributed by atoms with Gasteiger partial charge in [0.05, 0.1) is 7.11 Å². The molecule has 2 rings (SSSR count). The number of carbonyl (C=O) groups is 3. The molecule has 0 aromatic heterocycles. The average Bonchev–Trinajstić information content (AvgIpc) is 2.64. The van der Waals surface area contributed by atoms with E-state index in [1.54, 1.807) is 36.3 Å². The number of hydrogen-bond donors (Lipinski definition) is 1. The molecule has 1 aromatic carbocycles. The molecule has 0 unspecified atom stereocenters. The van der Waals surface area contributed by atoms with Crippen molar-refractivity contribution in [3.05, 3.63) is 29.8 Å². The number of hydrogen-bond acceptors (Lipinski definition) is 5. The van der Waals surface area contributed by atoms with Gasteiger partial charge < -0.3 is 19.7 Å². The van der Waals surface area contributed by atoms with Crippen molar-refractivity contribution < 1.29 is 23.9 Å². The summed E-state index contributed by atoms with van der Waals surface area (Å²) < 4.78 is 10.0. The molecule has 7 heteroatoms. The molecule has 1 aliphatic rings. The third kappa shape index (κ3) is 6.38. The number of benzene rings is 1. The molecule has 0 bridgehead atoms. The quantitative estimate of drug-likeness (QED) is 0.780. The summed E-state index contributed by atoms with van der Waals surface area (Å²) in [7, 11) is 1.54. The summed E-state index contributed by atoms with van der Waals surface area (Å²) in [5.74, 6) is -0.558. The molecule has 1 N–H and O–H groups in total. The summed E-state index contributed by atoms with van der Waals surface area (Å²) in [5.41, 5.74) is 0.412. The van der Waals surface area contributed by atoms with Gasteiger partial charge in [0, 0.05) is 18.7 Å². The minimum atomic E-state index is -0.632. The Bertz CT molecular complexity index is 607. The highest BCUT2D eigenvalue weighted by atomic mass is 16.5. The topological polar surface area (TPSA) is 84.9 Å². The molecule has 1 aromatic rings. The molecule has 1 saturated heterocycles. The number of carbonyl (C=O) groups excluding carboxylic acids is 3. The summed E-state index contributed by atoms with van der Waals surface area (Å²) in [6.45, 7) is 0.866. The number of nitrogens with zero attached hydrogens (tertiary/aromatic N) is 1. The molecule has 142 valence electrons. The summed E-state index contributed by atoms with van der Waals surface area (Å²) in [6, 6.07) is 6.53. The van der Waals surface area contributed by atoms with Crippen molar-refractivity contribution in [3.8, 4) is 5.75 Å². The molecule has 0 saturated carbocycles.